The van der Waals surface area contributed by atoms with Gasteiger partial charge in [-0.2, -0.15) is 0 Å². The molecule has 3 heterocycles. The van der Waals surface area contributed by atoms with Crippen LogP contribution >= 0.6 is 23.2 Å². The number of anilines is 2. The Morgan fingerprint density at radius 2 is 1.40 bits per heavy atom. The molecule has 5 rings (SSSR count). The van der Waals surface area contributed by atoms with Crippen molar-refractivity contribution < 1.29 is 37.4 Å². The fourth-order valence-electron chi connectivity index (χ4n) is 7.49. The van der Waals surface area contributed by atoms with Crippen LogP contribution in [0.1, 0.15) is 80.1 Å². The minimum atomic E-state index is -0.665. The summed E-state index contributed by atoms with van der Waals surface area (Å²) >= 11 is 11.9. The van der Waals surface area contributed by atoms with E-state index in [9.17, 15) is 28.0 Å². The molecule has 3 aliphatic heterocycles. The van der Waals surface area contributed by atoms with Crippen LogP contribution in [0, 0.1) is 11.6 Å². The number of benzene rings is 2. The minimum Gasteiger partial charge on any atom is -0.444 e. The first-order chi connectivity index (χ1) is 29.2. The molecule has 2 N–H and O–H groups in total. The quantitative estimate of drug-likeness (QED) is 0.214. The first-order valence-corrected chi connectivity index (χ1v) is 21.8. The summed E-state index contributed by atoms with van der Waals surface area (Å²) < 4.78 is 38.4. The fraction of sp³-hybridized carbons (Fsp3) is 0.522. The van der Waals surface area contributed by atoms with Gasteiger partial charge in [-0.05, 0) is 116 Å². The summed E-state index contributed by atoms with van der Waals surface area (Å²) in [5.41, 5.74) is -0.279. The van der Waals surface area contributed by atoms with Crippen molar-refractivity contribution in [3.63, 3.8) is 0 Å². The number of halogens is 4. The largest absolute Gasteiger partial charge is 0.444 e. The standard InChI is InChI=1S/C24H33ClFN3O3.C22H29ClFN3O3/c1-6-9-21(27-19-14-17(25)13-18(26)15-19)22(30)29(11-7-2)20-10-8-12-28(16-20)23(31)32-24(3,4)5;1-22(2,3)30-21(29)26-9-6-7-18(14-26)27-10-5-4-8-19(20(27)28)25-17-12-15(23)11-16(24)13-17/h6-7,13-15,20-21,27H,1-2,8-12,16H2,3-5H3;4-5,11-13,18-19,25H,6-10,14H2,1-3H3/t20-,21-;18-,19-/m11/s1. The monoisotopic (exact) mass is 902 g/mol. The average molecular weight is 904 g/mol. The zero-order chi connectivity index (χ0) is 45.8. The number of hydrogen-bond donors (Lipinski definition) is 2. The topological polar surface area (TPSA) is 124 Å². The highest BCUT2D eigenvalue weighted by Gasteiger charge is 2.37. The van der Waals surface area contributed by atoms with Crippen molar-refractivity contribution in [3.05, 3.63) is 95.5 Å². The lowest BCUT2D eigenvalue weighted by Gasteiger charge is -2.40. The molecule has 0 saturated carbocycles. The predicted octanol–water partition coefficient (Wildman–Crippen LogP) is 9.70. The van der Waals surface area contributed by atoms with Crippen molar-refractivity contribution >= 4 is 58.6 Å². The Morgan fingerprint density at radius 1 is 0.839 bits per heavy atom. The van der Waals surface area contributed by atoms with Crippen LogP contribution in [0.25, 0.3) is 0 Å². The molecule has 2 aromatic rings. The molecule has 2 saturated heterocycles. The van der Waals surface area contributed by atoms with E-state index in [2.05, 4.69) is 23.8 Å². The van der Waals surface area contributed by atoms with Gasteiger partial charge < -0.3 is 39.7 Å². The Balaban J connectivity index is 0.000000273. The van der Waals surface area contributed by atoms with Crippen LogP contribution in [0.5, 0.6) is 0 Å². The molecule has 3 aliphatic rings. The predicted molar refractivity (Wildman–Crippen MR) is 241 cm³/mol. The third-order valence-corrected chi connectivity index (χ3v) is 10.6. The van der Waals surface area contributed by atoms with Crippen molar-refractivity contribution in [2.75, 3.05) is 49.9 Å². The van der Waals surface area contributed by atoms with Gasteiger partial charge in [-0.15, -0.1) is 13.2 Å². The number of ether oxygens (including phenoxy) is 2. The number of nitrogens with zero attached hydrogens (tertiary/aromatic N) is 4. The molecule has 340 valence electrons. The molecule has 0 unspecified atom stereocenters. The van der Waals surface area contributed by atoms with E-state index >= 15 is 0 Å². The lowest BCUT2D eigenvalue weighted by atomic mass is 10.0. The highest BCUT2D eigenvalue weighted by atomic mass is 35.5. The molecular formula is C46H62Cl2F2N6O6. The maximum absolute atomic E-state index is 13.8. The first-order valence-electron chi connectivity index (χ1n) is 21.0. The van der Waals surface area contributed by atoms with E-state index in [1.807, 2.05) is 53.7 Å². The molecule has 12 nitrogen and oxygen atoms in total. The van der Waals surface area contributed by atoms with Crippen molar-refractivity contribution in [3.8, 4) is 0 Å². The molecular weight excluding hydrogens is 841 g/mol. The van der Waals surface area contributed by atoms with E-state index in [0.717, 1.165) is 25.7 Å². The van der Waals surface area contributed by atoms with E-state index < -0.39 is 34.9 Å². The second-order valence-corrected chi connectivity index (χ2v) is 18.5. The number of nitrogens with one attached hydrogen (secondary N) is 2. The summed E-state index contributed by atoms with van der Waals surface area (Å²) in [7, 11) is 0. The molecule has 4 amide bonds. The number of rotatable bonds is 11. The van der Waals surface area contributed by atoms with Crippen LogP contribution < -0.4 is 10.6 Å². The summed E-state index contributed by atoms with van der Waals surface area (Å²) in [4.78, 5) is 58.7. The van der Waals surface area contributed by atoms with E-state index in [1.54, 1.807) is 43.9 Å². The molecule has 0 radical (unpaired) electrons. The van der Waals surface area contributed by atoms with Crippen molar-refractivity contribution in [1.29, 1.82) is 0 Å². The lowest BCUT2D eigenvalue weighted by molar-refractivity contribution is -0.135. The second kappa shape index (κ2) is 22.5. The first kappa shape index (κ1) is 49.8. The summed E-state index contributed by atoms with van der Waals surface area (Å²) in [5, 5.41) is 6.70. The van der Waals surface area contributed by atoms with Crippen molar-refractivity contribution in [2.24, 2.45) is 0 Å². The van der Waals surface area contributed by atoms with Gasteiger partial charge in [0.15, 0.2) is 0 Å². The van der Waals surface area contributed by atoms with Gasteiger partial charge in [0.1, 0.15) is 34.9 Å². The van der Waals surface area contributed by atoms with Crippen LogP contribution in [-0.4, -0.2) is 118 Å². The van der Waals surface area contributed by atoms with Crippen LogP contribution in [0.2, 0.25) is 10.0 Å². The van der Waals surface area contributed by atoms with Gasteiger partial charge in [0, 0.05) is 72.8 Å². The molecule has 2 fully saturated rings. The third kappa shape index (κ3) is 15.5. The molecule has 16 heteroatoms. The van der Waals surface area contributed by atoms with E-state index in [1.165, 1.54) is 24.3 Å². The second-order valence-electron chi connectivity index (χ2n) is 17.7. The van der Waals surface area contributed by atoms with Crippen LogP contribution in [0.3, 0.4) is 0 Å². The Labute approximate surface area is 375 Å². The smallest absolute Gasteiger partial charge is 0.410 e. The van der Waals surface area contributed by atoms with Gasteiger partial charge in [-0.25, -0.2) is 18.4 Å². The molecule has 0 aliphatic carbocycles. The highest BCUT2D eigenvalue weighted by Crippen LogP contribution is 2.26. The fourth-order valence-corrected chi connectivity index (χ4v) is 7.93. The molecule has 2 aromatic carbocycles. The van der Waals surface area contributed by atoms with Gasteiger partial charge in [0.2, 0.25) is 11.8 Å². The van der Waals surface area contributed by atoms with Crippen molar-refractivity contribution in [2.45, 2.75) is 115 Å². The molecule has 0 aromatic heterocycles. The van der Waals surface area contributed by atoms with Crippen LogP contribution in [0.15, 0.2) is 73.9 Å². The number of carbonyl (C=O) groups is 4. The third-order valence-electron chi connectivity index (χ3n) is 10.1. The van der Waals surface area contributed by atoms with E-state index in [0.29, 0.717) is 63.5 Å². The molecule has 4 atom stereocenters. The van der Waals surface area contributed by atoms with Crippen molar-refractivity contribution in [1.82, 2.24) is 19.6 Å². The maximum Gasteiger partial charge on any atom is 0.410 e. The van der Waals surface area contributed by atoms with Gasteiger partial charge in [-0.3, -0.25) is 9.59 Å². The molecule has 62 heavy (non-hydrogen) atoms. The Hall–Kier alpha value is -4.82. The molecule has 0 bridgehead atoms. The summed E-state index contributed by atoms with van der Waals surface area (Å²) in [5.74, 6) is -1.20. The number of piperidine rings is 2. The Morgan fingerprint density at radius 3 is 1.97 bits per heavy atom. The van der Waals surface area contributed by atoms with E-state index in [4.69, 9.17) is 32.7 Å². The average Bonchev–Trinajstić information content (AvgIpc) is 3.35. The molecule has 0 spiro atoms. The normalized spacial score (nSPS) is 19.9. The summed E-state index contributed by atoms with van der Waals surface area (Å²) in [6.07, 6.45) is 10.4. The number of hydrogen-bond acceptors (Lipinski definition) is 8. The summed E-state index contributed by atoms with van der Waals surface area (Å²) in [6, 6.07) is 6.73. The van der Waals surface area contributed by atoms with Crippen LogP contribution in [0.4, 0.5) is 29.7 Å². The van der Waals surface area contributed by atoms with Crippen LogP contribution in [-0.2, 0) is 19.1 Å². The highest BCUT2D eigenvalue weighted by molar-refractivity contribution is 6.31. The number of carbonyl (C=O) groups excluding carboxylic acids is 4. The van der Waals surface area contributed by atoms with E-state index in [-0.39, 0.29) is 46.1 Å². The zero-order valence-electron chi connectivity index (χ0n) is 36.7. The van der Waals surface area contributed by atoms with Gasteiger partial charge in [0.05, 0.1) is 0 Å². The lowest BCUT2D eigenvalue weighted by Crippen LogP contribution is -2.55. The Kier molecular flexibility index (Phi) is 18.1. The SMILES string of the molecule is C=CC[C@@H](Nc1cc(F)cc(Cl)c1)C(=O)N(CC=C)[C@@H]1CCCN(C(=O)OC(C)(C)C)C1.CC(C)(C)OC(=O)N1CCC[C@@H](N2CC=CC[C@@H](Nc3cc(F)cc(Cl)c3)C2=O)C1. The maximum atomic E-state index is 13.8. The summed E-state index contributed by atoms with van der Waals surface area (Å²) in [6.45, 7) is 21.3. The van der Waals surface area contributed by atoms with Gasteiger partial charge in [0.25, 0.3) is 0 Å². The van der Waals surface area contributed by atoms with Gasteiger partial charge >= 0.3 is 12.2 Å². The number of amides is 4. The Bertz CT molecular complexity index is 1900. The van der Waals surface area contributed by atoms with Gasteiger partial charge in [-0.1, -0.05) is 47.5 Å². The minimum absolute atomic E-state index is 0.0728. The number of likely N-dealkylation sites (tertiary alicyclic amines) is 2. The zero-order valence-corrected chi connectivity index (χ0v) is 38.2.